The van der Waals surface area contributed by atoms with Crippen LogP contribution in [-0.2, 0) is 15.1 Å². The minimum absolute atomic E-state index is 0.227. The van der Waals surface area contributed by atoms with Crippen molar-refractivity contribution in [3.05, 3.63) is 35.4 Å². The molecule has 1 aromatic carbocycles. The van der Waals surface area contributed by atoms with Crippen LogP contribution in [0.4, 0.5) is 4.79 Å². The van der Waals surface area contributed by atoms with Gasteiger partial charge in [-0.15, -0.1) is 0 Å². The van der Waals surface area contributed by atoms with Crippen molar-refractivity contribution < 1.29 is 14.3 Å². The largest absolute Gasteiger partial charge is 0.380 e. The average molecular weight is 287 g/mol. The van der Waals surface area contributed by atoms with E-state index < -0.39 is 11.6 Å². The smallest absolute Gasteiger partial charge is 0.325 e. The molecule has 1 saturated heterocycles. The zero-order valence-electron chi connectivity index (χ0n) is 12.0. The van der Waals surface area contributed by atoms with Gasteiger partial charge in [-0.1, -0.05) is 12.1 Å². The molecule has 1 aliphatic rings. The van der Waals surface area contributed by atoms with Gasteiger partial charge in [0.1, 0.15) is 5.54 Å². The summed E-state index contributed by atoms with van der Waals surface area (Å²) in [5.41, 5.74) is 0.0585. The van der Waals surface area contributed by atoms with E-state index in [4.69, 9.17) is 10.00 Å². The lowest BCUT2D eigenvalue weighted by Crippen LogP contribution is -2.41. The predicted octanol–water partition coefficient (Wildman–Crippen LogP) is 1.36. The zero-order chi connectivity index (χ0) is 15.5. The number of nitrogens with zero attached hydrogens (tertiary/aromatic N) is 2. The molecule has 6 nitrogen and oxygen atoms in total. The van der Waals surface area contributed by atoms with Crippen molar-refractivity contribution in [1.29, 1.82) is 5.26 Å². The molecule has 0 bridgehead atoms. The number of hydrogen-bond acceptors (Lipinski definition) is 4. The summed E-state index contributed by atoms with van der Waals surface area (Å²) < 4.78 is 5.19. The molecule has 21 heavy (non-hydrogen) atoms. The van der Waals surface area contributed by atoms with Crippen LogP contribution >= 0.6 is 0 Å². The summed E-state index contributed by atoms with van der Waals surface area (Å²) in [6.45, 7) is 4.60. The molecule has 1 fully saturated rings. The Balaban J connectivity index is 2.20. The number of imide groups is 1. The number of nitriles is 1. The van der Waals surface area contributed by atoms with E-state index in [1.165, 1.54) is 0 Å². The van der Waals surface area contributed by atoms with E-state index in [9.17, 15) is 9.59 Å². The molecule has 0 saturated carbocycles. The molecular formula is C15H17N3O3. The number of carbonyl (C=O) groups excluding carboxylic acids is 2. The van der Waals surface area contributed by atoms with Crippen LogP contribution in [0.15, 0.2) is 24.3 Å². The van der Waals surface area contributed by atoms with Gasteiger partial charge in [0.2, 0.25) is 0 Å². The van der Waals surface area contributed by atoms with Gasteiger partial charge in [-0.3, -0.25) is 9.69 Å². The van der Waals surface area contributed by atoms with Crippen LogP contribution < -0.4 is 5.32 Å². The molecule has 1 heterocycles. The fourth-order valence-electron chi connectivity index (χ4n) is 2.27. The van der Waals surface area contributed by atoms with Gasteiger partial charge >= 0.3 is 6.03 Å². The van der Waals surface area contributed by atoms with Crippen molar-refractivity contribution >= 4 is 11.9 Å². The van der Waals surface area contributed by atoms with Gasteiger partial charge < -0.3 is 10.1 Å². The zero-order valence-corrected chi connectivity index (χ0v) is 12.0. The van der Waals surface area contributed by atoms with E-state index in [0.717, 1.165) is 4.90 Å². The fourth-order valence-corrected chi connectivity index (χ4v) is 2.27. The molecule has 3 amide bonds. The highest BCUT2D eigenvalue weighted by molar-refractivity contribution is 6.07. The normalized spacial score (nSPS) is 21.3. The van der Waals surface area contributed by atoms with Crippen molar-refractivity contribution in [3.63, 3.8) is 0 Å². The van der Waals surface area contributed by atoms with E-state index in [1.807, 2.05) is 13.0 Å². The summed E-state index contributed by atoms with van der Waals surface area (Å²) in [5, 5.41) is 11.5. The van der Waals surface area contributed by atoms with Gasteiger partial charge in [0.15, 0.2) is 0 Å². The topological polar surface area (TPSA) is 82.4 Å². The Labute approximate surface area is 123 Å². The first-order valence-corrected chi connectivity index (χ1v) is 6.75. The number of hydrogen-bond donors (Lipinski definition) is 1. The lowest BCUT2D eigenvalue weighted by Gasteiger charge is -2.22. The molecule has 0 unspecified atom stereocenters. The molecule has 2 rings (SSSR count). The summed E-state index contributed by atoms with van der Waals surface area (Å²) in [4.78, 5) is 25.6. The Morgan fingerprint density at radius 3 is 2.57 bits per heavy atom. The van der Waals surface area contributed by atoms with Crippen LogP contribution in [-0.4, -0.2) is 36.6 Å². The van der Waals surface area contributed by atoms with Crippen molar-refractivity contribution in [2.45, 2.75) is 19.4 Å². The highest BCUT2D eigenvalue weighted by Gasteiger charge is 2.48. The van der Waals surface area contributed by atoms with Gasteiger partial charge in [0, 0.05) is 6.61 Å². The summed E-state index contributed by atoms with van der Waals surface area (Å²) >= 11 is 0. The minimum atomic E-state index is -1.10. The van der Waals surface area contributed by atoms with Crippen LogP contribution in [0.1, 0.15) is 25.0 Å². The van der Waals surface area contributed by atoms with Crippen LogP contribution in [0.2, 0.25) is 0 Å². The Kier molecular flexibility index (Phi) is 4.24. The second kappa shape index (κ2) is 5.94. The summed E-state index contributed by atoms with van der Waals surface area (Å²) in [7, 11) is 0. The average Bonchev–Trinajstić information content (AvgIpc) is 2.71. The fraction of sp³-hybridized carbons (Fsp3) is 0.400. The third-order valence-electron chi connectivity index (χ3n) is 3.53. The van der Waals surface area contributed by atoms with Crippen molar-refractivity contribution in [2.75, 3.05) is 19.8 Å². The van der Waals surface area contributed by atoms with Gasteiger partial charge in [0.25, 0.3) is 5.91 Å². The maximum atomic E-state index is 12.5. The number of amides is 3. The lowest BCUT2D eigenvalue weighted by atomic mass is 9.91. The van der Waals surface area contributed by atoms with Crippen LogP contribution in [0.5, 0.6) is 0 Å². The second-order valence-corrected chi connectivity index (χ2v) is 4.90. The molecule has 0 aromatic heterocycles. The van der Waals surface area contributed by atoms with Crippen LogP contribution in [0, 0.1) is 11.3 Å². The lowest BCUT2D eigenvalue weighted by molar-refractivity contribution is -0.131. The summed E-state index contributed by atoms with van der Waals surface area (Å²) in [5.74, 6) is -0.308. The number of rotatable bonds is 5. The first-order valence-electron chi connectivity index (χ1n) is 6.75. The SMILES string of the molecule is CCOCCN1C(=O)N[C@@](C)(c2ccc(C#N)cc2)C1=O. The molecule has 1 aromatic rings. The second-order valence-electron chi connectivity index (χ2n) is 4.90. The number of benzene rings is 1. The Morgan fingerprint density at radius 1 is 1.33 bits per heavy atom. The van der Waals surface area contributed by atoms with E-state index in [0.29, 0.717) is 24.3 Å². The monoisotopic (exact) mass is 287 g/mol. The van der Waals surface area contributed by atoms with Crippen LogP contribution in [0.25, 0.3) is 0 Å². The van der Waals surface area contributed by atoms with Crippen molar-refractivity contribution in [3.8, 4) is 6.07 Å². The first-order chi connectivity index (χ1) is 10.0. The molecule has 6 heteroatoms. The molecule has 0 aliphatic carbocycles. The van der Waals surface area contributed by atoms with E-state index in [2.05, 4.69) is 5.32 Å². The molecule has 110 valence electrons. The summed E-state index contributed by atoms with van der Waals surface area (Å²) in [6, 6.07) is 8.22. The third kappa shape index (κ3) is 2.73. The third-order valence-corrected chi connectivity index (χ3v) is 3.53. The van der Waals surface area contributed by atoms with E-state index >= 15 is 0 Å². The van der Waals surface area contributed by atoms with E-state index in [-0.39, 0.29) is 12.5 Å². The highest BCUT2D eigenvalue weighted by atomic mass is 16.5. The minimum Gasteiger partial charge on any atom is -0.380 e. The van der Waals surface area contributed by atoms with Gasteiger partial charge in [-0.25, -0.2) is 4.79 Å². The Morgan fingerprint density at radius 2 is 2.00 bits per heavy atom. The van der Waals surface area contributed by atoms with Gasteiger partial charge in [-0.2, -0.15) is 5.26 Å². The van der Waals surface area contributed by atoms with Crippen molar-refractivity contribution in [2.24, 2.45) is 0 Å². The number of nitrogens with one attached hydrogen (secondary N) is 1. The molecule has 1 atom stereocenters. The molecule has 0 radical (unpaired) electrons. The Hall–Kier alpha value is -2.39. The molecule has 1 aliphatic heterocycles. The van der Waals surface area contributed by atoms with Gasteiger partial charge in [0.05, 0.1) is 24.8 Å². The molecular weight excluding hydrogens is 270 g/mol. The maximum absolute atomic E-state index is 12.5. The number of carbonyl (C=O) groups is 2. The highest BCUT2D eigenvalue weighted by Crippen LogP contribution is 2.28. The first kappa shape index (κ1) is 15.0. The van der Waals surface area contributed by atoms with Crippen molar-refractivity contribution in [1.82, 2.24) is 10.2 Å². The number of ether oxygens (including phenoxy) is 1. The summed E-state index contributed by atoms with van der Waals surface area (Å²) in [6.07, 6.45) is 0. The Bertz CT molecular complexity index is 591. The van der Waals surface area contributed by atoms with Gasteiger partial charge in [-0.05, 0) is 31.5 Å². The quantitative estimate of drug-likeness (QED) is 0.655. The standard InChI is InChI=1S/C15H17N3O3/c1-3-21-9-8-18-13(19)15(2,17-14(18)20)12-6-4-11(10-16)5-7-12/h4-7H,3,8-9H2,1-2H3,(H,17,20)/t15-/m0/s1. The maximum Gasteiger partial charge on any atom is 0.325 e. The predicted molar refractivity (Wildman–Crippen MR) is 75.2 cm³/mol. The molecule has 0 spiro atoms. The van der Waals surface area contributed by atoms with Crippen LogP contribution in [0.3, 0.4) is 0 Å². The molecule has 1 N–H and O–H groups in total. The number of urea groups is 1. The van der Waals surface area contributed by atoms with E-state index in [1.54, 1.807) is 31.2 Å².